The molecule has 0 amide bonds. The summed E-state index contributed by atoms with van der Waals surface area (Å²) in [5, 5.41) is 13.0. The summed E-state index contributed by atoms with van der Waals surface area (Å²) in [5.74, 6) is 0.250. The number of nitrogens with one attached hydrogen (secondary N) is 2. The third-order valence-electron chi connectivity index (χ3n) is 3.98. The average molecular weight is 388 g/mol. The van der Waals surface area contributed by atoms with Crippen LogP contribution in [0.3, 0.4) is 0 Å². The number of aromatic amines is 1. The van der Waals surface area contributed by atoms with E-state index in [9.17, 15) is 13.7 Å². The van der Waals surface area contributed by atoms with Crippen LogP contribution in [0.2, 0.25) is 0 Å². The number of rotatable bonds is 6. The van der Waals surface area contributed by atoms with Crippen LogP contribution >= 0.6 is 0 Å². The molecule has 1 aromatic carbocycles. The lowest BCUT2D eigenvalue weighted by Gasteiger charge is -2.24. The monoisotopic (exact) mass is 388 g/mol. The predicted octanol–water partition coefficient (Wildman–Crippen LogP) is 3.20. The number of H-pyrrole nitrogens is 1. The van der Waals surface area contributed by atoms with Crippen LogP contribution in [0.5, 0.6) is 0 Å². The molecule has 6 nitrogen and oxygen atoms in total. The van der Waals surface area contributed by atoms with Crippen LogP contribution in [-0.4, -0.2) is 42.7 Å². The number of pyridine rings is 1. The van der Waals surface area contributed by atoms with E-state index in [1.54, 1.807) is 30.7 Å². The number of benzene rings is 1. The van der Waals surface area contributed by atoms with Gasteiger partial charge in [0.05, 0.1) is 34.3 Å². The van der Waals surface area contributed by atoms with Crippen molar-refractivity contribution in [1.29, 1.82) is 0 Å². The minimum absolute atomic E-state index is 0.0545. The third kappa shape index (κ3) is 4.40. The van der Waals surface area contributed by atoms with Gasteiger partial charge < -0.3 is 15.4 Å². The second-order valence-corrected chi connectivity index (χ2v) is 8.12. The van der Waals surface area contributed by atoms with Crippen molar-refractivity contribution in [1.82, 2.24) is 15.0 Å². The van der Waals surface area contributed by atoms with Crippen LogP contribution in [0.4, 0.5) is 10.2 Å². The van der Waals surface area contributed by atoms with Gasteiger partial charge in [0.1, 0.15) is 11.6 Å². The van der Waals surface area contributed by atoms with Crippen molar-refractivity contribution in [2.75, 3.05) is 18.2 Å². The Morgan fingerprint density at radius 2 is 1.93 bits per heavy atom. The topological polar surface area (TPSA) is 90.9 Å². The Kier molecular flexibility index (Phi) is 5.38. The summed E-state index contributed by atoms with van der Waals surface area (Å²) in [5.41, 5.74) is 2.21. The van der Waals surface area contributed by atoms with Crippen LogP contribution in [0.15, 0.2) is 47.8 Å². The molecule has 0 aliphatic heterocycles. The van der Waals surface area contributed by atoms with Gasteiger partial charge in [0, 0.05) is 23.6 Å². The number of nitrogens with zero attached hydrogens (tertiary/aromatic N) is 2. The molecule has 2 aromatic heterocycles. The molecule has 0 fully saturated rings. The highest BCUT2D eigenvalue weighted by Crippen LogP contribution is 2.32. The van der Waals surface area contributed by atoms with Gasteiger partial charge in [-0.3, -0.25) is 4.21 Å². The lowest BCUT2D eigenvalue weighted by Crippen LogP contribution is -2.35. The van der Waals surface area contributed by atoms with Crippen molar-refractivity contribution in [2.24, 2.45) is 0 Å². The van der Waals surface area contributed by atoms with E-state index in [2.05, 4.69) is 20.3 Å². The van der Waals surface area contributed by atoms with E-state index in [-0.39, 0.29) is 12.4 Å². The first-order chi connectivity index (χ1) is 12.8. The van der Waals surface area contributed by atoms with Gasteiger partial charge in [-0.05, 0) is 50.2 Å². The standard InChI is InChI=1S/C19H21FN4O2S/c1-19(2,11-25)24-15-10-13(8-9-21-15)17-16(22-18(23-17)27(3)26)12-4-6-14(20)7-5-12/h4-10,25H,11H2,1-3H3,(H,21,24)(H,22,23). The van der Waals surface area contributed by atoms with E-state index in [0.29, 0.717) is 22.4 Å². The summed E-state index contributed by atoms with van der Waals surface area (Å²) in [4.78, 5) is 11.8. The second kappa shape index (κ2) is 7.58. The fourth-order valence-electron chi connectivity index (χ4n) is 2.55. The van der Waals surface area contributed by atoms with E-state index >= 15 is 0 Å². The molecule has 27 heavy (non-hydrogen) atoms. The van der Waals surface area contributed by atoms with Crippen LogP contribution < -0.4 is 5.32 Å². The van der Waals surface area contributed by atoms with Crippen molar-refractivity contribution in [2.45, 2.75) is 24.5 Å². The Bertz CT molecular complexity index is 970. The Labute approximate surface area is 159 Å². The Morgan fingerprint density at radius 3 is 2.56 bits per heavy atom. The smallest absolute Gasteiger partial charge is 0.197 e. The number of aliphatic hydroxyl groups is 1. The van der Waals surface area contributed by atoms with E-state index in [4.69, 9.17) is 0 Å². The lowest BCUT2D eigenvalue weighted by atomic mass is 10.0. The predicted molar refractivity (Wildman–Crippen MR) is 104 cm³/mol. The molecule has 0 saturated carbocycles. The summed E-state index contributed by atoms with van der Waals surface area (Å²) in [7, 11) is -1.30. The summed E-state index contributed by atoms with van der Waals surface area (Å²) < 4.78 is 25.2. The minimum atomic E-state index is -1.30. The normalized spacial score (nSPS) is 12.8. The van der Waals surface area contributed by atoms with Gasteiger partial charge in [0.25, 0.3) is 0 Å². The van der Waals surface area contributed by atoms with E-state index in [0.717, 1.165) is 11.1 Å². The van der Waals surface area contributed by atoms with E-state index < -0.39 is 16.3 Å². The van der Waals surface area contributed by atoms with Crippen molar-refractivity contribution in [3.05, 3.63) is 48.4 Å². The Hall–Kier alpha value is -2.58. The Balaban J connectivity index is 2.08. The molecule has 2 heterocycles. The number of hydrogen-bond acceptors (Lipinski definition) is 5. The second-order valence-electron chi connectivity index (χ2n) is 6.82. The number of anilines is 1. The molecule has 1 unspecified atom stereocenters. The number of aliphatic hydroxyl groups excluding tert-OH is 1. The maximum atomic E-state index is 13.3. The molecule has 0 aliphatic rings. The molecule has 0 spiro atoms. The van der Waals surface area contributed by atoms with Gasteiger partial charge in [-0.1, -0.05) is 0 Å². The van der Waals surface area contributed by atoms with Crippen LogP contribution in [0.25, 0.3) is 22.5 Å². The van der Waals surface area contributed by atoms with Crippen molar-refractivity contribution in [3.63, 3.8) is 0 Å². The fourth-order valence-corrected chi connectivity index (χ4v) is 3.02. The molecule has 0 saturated heterocycles. The van der Waals surface area contributed by atoms with Gasteiger partial charge in [-0.15, -0.1) is 0 Å². The summed E-state index contributed by atoms with van der Waals surface area (Å²) >= 11 is 0. The molecule has 142 valence electrons. The number of halogens is 1. The van der Waals surface area contributed by atoms with Gasteiger partial charge >= 0.3 is 0 Å². The highest BCUT2D eigenvalue weighted by atomic mass is 32.2. The molecule has 0 radical (unpaired) electrons. The van der Waals surface area contributed by atoms with Gasteiger partial charge in [0.2, 0.25) is 0 Å². The van der Waals surface area contributed by atoms with Crippen LogP contribution in [0.1, 0.15) is 13.8 Å². The maximum Gasteiger partial charge on any atom is 0.197 e. The van der Waals surface area contributed by atoms with E-state index in [1.165, 1.54) is 12.1 Å². The average Bonchev–Trinajstić information content (AvgIpc) is 3.08. The van der Waals surface area contributed by atoms with Gasteiger partial charge in [-0.2, -0.15) is 0 Å². The molecule has 0 bridgehead atoms. The first kappa shape index (κ1) is 19.2. The third-order valence-corrected chi connectivity index (χ3v) is 4.72. The quantitative estimate of drug-likeness (QED) is 0.603. The fraction of sp³-hybridized carbons (Fsp3) is 0.263. The Morgan fingerprint density at radius 1 is 1.22 bits per heavy atom. The summed E-state index contributed by atoms with van der Waals surface area (Å²) in [6, 6.07) is 9.62. The number of hydrogen-bond donors (Lipinski definition) is 3. The highest BCUT2D eigenvalue weighted by Gasteiger charge is 2.19. The molecule has 3 N–H and O–H groups in total. The van der Waals surface area contributed by atoms with Crippen molar-refractivity contribution >= 4 is 16.6 Å². The number of aromatic nitrogens is 3. The van der Waals surface area contributed by atoms with Gasteiger partial charge in [0.15, 0.2) is 5.16 Å². The molecule has 3 rings (SSSR count). The van der Waals surface area contributed by atoms with Crippen molar-refractivity contribution < 1.29 is 13.7 Å². The zero-order chi connectivity index (χ0) is 19.6. The largest absolute Gasteiger partial charge is 0.394 e. The summed E-state index contributed by atoms with van der Waals surface area (Å²) in [6.45, 7) is 3.66. The first-order valence-corrected chi connectivity index (χ1v) is 9.90. The molecule has 8 heteroatoms. The summed E-state index contributed by atoms with van der Waals surface area (Å²) in [6.07, 6.45) is 3.18. The highest BCUT2D eigenvalue weighted by molar-refractivity contribution is 7.84. The molecule has 3 aromatic rings. The maximum absolute atomic E-state index is 13.3. The minimum Gasteiger partial charge on any atom is -0.394 e. The lowest BCUT2D eigenvalue weighted by molar-refractivity contribution is 0.234. The molecule has 1 atom stereocenters. The zero-order valence-corrected chi connectivity index (χ0v) is 16.1. The van der Waals surface area contributed by atoms with Crippen LogP contribution in [-0.2, 0) is 10.8 Å². The molecular weight excluding hydrogens is 367 g/mol. The first-order valence-electron chi connectivity index (χ1n) is 8.34. The van der Waals surface area contributed by atoms with Gasteiger partial charge in [-0.25, -0.2) is 14.4 Å². The molecule has 0 aliphatic carbocycles. The molecular formula is C19H21FN4O2S. The van der Waals surface area contributed by atoms with E-state index in [1.807, 2.05) is 19.9 Å². The van der Waals surface area contributed by atoms with Crippen LogP contribution in [0, 0.1) is 5.82 Å². The SMILES string of the molecule is CS(=O)c1nc(-c2ccnc(NC(C)(C)CO)c2)c(-c2ccc(F)cc2)[nH]1. The zero-order valence-electron chi connectivity index (χ0n) is 15.3. The van der Waals surface area contributed by atoms with Crippen molar-refractivity contribution in [3.8, 4) is 22.5 Å². The number of imidazole rings is 1.